The van der Waals surface area contributed by atoms with Gasteiger partial charge in [-0.2, -0.15) is 0 Å². The van der Waals surface area contributed by atoms with Gasteiger partial charge in [-0.3, -0.25) is 9.79 Å². The van der Waals surface area contributed by atoms with Gasteiger partial charge in [0.05, 0.1) is 6.54 Å². The van der Waals surface area contributed by atoms with Crippen molar-refractivity contribution in [3.05, 3.63) is 35.1 Å². The molecule has 0 saturated carbocycles. The van der Waals surface area contributed by atoms with E-state index in [0.717, 1.165) is 0 Å². The van der Waals surface area contributed by atoms with E-state index in [9.17, 15) is 9.18 Å². The summed E-state index contributed by atoms with van der Waals surface area (Å²) in [4.78, 5) is 15.9. The van der Waals surface area contributed by atoms with E-state index in [-0.39, 0.29) is 41.2 Å². The first-order valence-electron chi connectivity index (χ1n) is 6.81. The van der Waals surface area contributed by atoms with Crippen LogP contribution >= 0.6 is 24.0 Å². The molecule has 0 atom stereocenters. The summed E-state index contributed by atoms with van der Waals surface area (Å²) in [7, 11) is 0. The topological polar surface area (TPSA) is 79.5 Å². The number of nitrogens with zero attached hydrogens (tertiary/aromatic N) is 1. The van der Waals surface area contributed by atoms with Crippen LogP contribution in [0.25, 0.3) is 0 Å². The van der Waals surface area contributed by atoms with Crippen LogP contribution in [0.3, 0.4) is 0 Å². The zero-order chi connectivity index (χ0) is 16.0. The Bertz CT molecular complexity index is 541. The number of benzene rings is 1. The summed E-state index contributed by atoms with van der Waals surface area (Å²) in [6, 6.07) is 4.39. The fourth-order valence-corrected chi connectivity index (χ4v) is 1.61. The third-order valence-corrected chi connectivity index (χ3v) is 2.62. The van der Waals surface area contributed by atoms with Crippen LogP contribution in [0.2, 0.25) is 0 Å². The number of halogens is 2. The monoisotopic (exact) mass is 422 g/mol. The third kappa shape index (κ3) is 7.58. The molecule has 1 aromatic rings. The van der Waals surface area contributed by atoms with Gasteiger partial charge in [0.25, 0.3) is 5.91 Å². The van der Waals surface area contributed by atoms with Gasteiger partial charge in [-0.15, -0.1) is 24.0 Å². The Labute approximate surface area is 148 Å². The molecule has 1 amide bonds. The Morgan fingerprint density at radius 1 is 1.36 bits per heavy atom. The lowest BCUT2D eigenvalue weighted by atomic mass is 10.1. The molecular weight excluding hydrogens is 398 g/mol. The number of guanidine groups is 1. The highest BCUT2D eigenvalue weighted by atomic mass is 127. The first-order chi connectivity index (χ1) is 9.69. The number of amides is 1. The smallest absolute Gasteiger partial charge is 0.251 e. The van der Waals surface area contributed by atoms with Gasteiger partial charge in [0, 0.05) is 17.6 Å². The van der Waals surface area contributed by atoms with Gasteiger partial charge < -0.3 is 16.4 Å². The molecule has 0 spiro atoms. The second kappa shape index (κ2) is 8.92. The zero-order valence-electron chi connectivity index (χ0n) is 13.4. The van der Waals surface area contributed by atoms with Crippen LogP contribution in [0.1, 0.15) is 36.7 Å². The summed E-state index contributed by atoms with van der Waals surface area (Å²) in [5.41, 5.74) is 6.35. The van der Waals surface area contributed by atoms with E-state index in [1.165, 1.54) is 6.07 Å². The molecular formula is C15H24FIN4O. The summed E-state index contributed by atoms with van der Waals surface area (Å²) in [5.74, 6) is -0.385. The van der Waals surface area contributed by atoms with Crippen LogP contribution in [-0.4, -0.2) is 30.5 Å². The molecule has 0 unspecified atom stereocenters. The standard InChI is InChI=1S/C15H23FN4O.HI/c1-10-5-6-11(9-12(10)16)13(21)18-7-8-19-14(17)20-15(2,3)4;/h5-6,9H,7-8H2,1-4H3,(H,18,21)(H3,17,19,20);1H. The van der Waals surface area contributed by atoms with Crippen LogP contribution in [0.5, 0.6) is 0 Å². The van der Waals surface area contributed by atoms with Crippen molar-refractivity contribution in [1.29, 1.82) is 0 Å². The molecule has 0 aliphatic carbocycles. The van der Waals surface area contributed by atoms with E-state index in [1.54, 1.807) is 19.1 Å². The van der Waals surface area contributed by atoms with Crippen molar-refractivity contribution in [3.8, 4) is 0 Å². The molecule has 0 radical (unpaired) electrons. The van der Waals surface area contributed by atoms with E-state index in [4.69, 9.17) is 5.73 Å². The average Bonchev–Trinajstić information content (AvgIpc) is 2.35. The molecule has 124 valence electrons. The van der Waals surface area contributed by atoms with Crippen LogP contribution in [0.4, 0.5) is 4.39 Å². The van der Waals surface area contributed by atoms with Crippen LogP contribution < -0.4 is 16.4 Å². The van der Waals surface area contributed by atoms with Crippen molar-refractivity contribution in [3.63, 3.8) is 0 Å². The Kier molecular flexibility index (Phi) is 8.36. The first-order valence-corrected chi connectivity index (χ1v) is 6.81. The second-order valence-corrected chi connectivity index (χ2v) is 5.86. The average molecular weight is 422 g/mol. The summed E-state index contributed by atoms with van der Waals surface area (Å²) < 4.78 is 13.4. The first kappa shape index (κ1) is 20.6. The normalized spacial score (nSPS) is 11.6. The minimum atomic E-state index is -0.390. The fraction of sp³-hybridized carbons (Fsp3) is 0.467. The Morgan fingerprint density at radius 2 is 2.00 bits per heavy atom. The highest BCUT2D eigenvalue weighted by Gasteiger charge is 2.10. The molecule has 1 rings (SSSR count). The Morgan fingerprint density at radius 3 is 2.55 bits per heavy atom. The predicted octanol–water partition coefficient (Wildman–Crippen LogP) is 2.18. The molecule has 4 N–H and O–H groups in total. The zero-order valence-corrected chi connectivity index (χ0v) is 15.7. The quantitative estimate of drug-likeness (QED) is 0.301. The molecule has 0 fully saturated rings. The van der Waals surface area contributed by atoms with E-state index >= 15 is 0 Å². The molecule has 0 aliphatic rings. The number of carbonyl (C=O) groups is 1. The van der Waals surface area contributed by atoms with Crippen molar-refractivity contribution in [2.75, 3.05) is 13.1 Å². The van der Waals surface area contributed by atoms with E-state index in [1.807, 2.05) is 20.8 Å². The summed E-state index contributed by atoms with van der Waals surface area (Å²) in [6.07, 6.45) is 0. The number of hydrogen-bond acceptors (Lipinski definition) is 2. The fourth-order valence-electron chi connectivity index (χ4n) is 1.61. The maximum absolute atomic E-state index is 13.4. The summed E-state index contributed by atoms with van der Waals surface area (Å²) in [5, 5.41) is 5.69. The SMILES string of the molecule is Cc1ccc(C(=O)NCCN=C(N)NC(C)(C)C)cc1F.I. The number of carbonyl (C=O) groups excluding carboxylic acids is 1. The number of hydrogen-bond donors (Lipinski definition) is 3. The van der Waals surface area contributed by atoms with Gasteiger partial charge in [0.1, 0.15) is 5.82 Å². The second-order valence-electron chi connectivity index (χ2n) is 5.86. The molecule has 0 aromatic heterocycles. The van der Waals surface area contributed by atoms with Gasteiger partial charge >= 0.3 is 0 Å². The number of rotatable bonds is 4. The van der Waals surface area contributed by atoms with Gasteiger partial charge in [0.15, 0.2) is 5.96 Å². The van der Waals surface area contributed by atoms with Crippen molar-refractivity contribution in [1.82, 2.24) is 10.6 Å². The number of aryl methyl sites for hydroxylation is 1. The van der Waals surface area contributed by atoms with Gasteiger partial charge in [0.2, 0.25) is 0 Å². The van der Waals surface area contributed by atoms with Crippen LogP contribution in [-0.2, 0) is 0 Å². The van der Waals surface area contributed by atoms with Crippen LogP contribution in [0.15, 0.2) is 23.2 Å². The summed E-state index contributed by atoms with van der Waals surface area (Å²) in [6.45, 7) is 8.27. The number of aliphatic imine (C=N–C) groups is 1. The van der Waals surface area contributed by atoms with Crippen molar-refractivity contribution in [2.45, 2.75) is 33.2 Å². The molecule has 1 aromatic carbocycles. The molecule has 5 nitrogen and oxygen atoms in total. The lowest BCUT2D eigenvalue weighted by Crippen LogP contribution is -2.45. The number of nitrogens with two attached hydrogens (primary N) is 1. The third-order valence-electron chi connectivity index (χ3n) is 2.62. The molecule has 0 heterocycles. The van der Waals surface area contributed by atoms with Crippen molar-refractivity contribution < 1.29 is 9.18 Å². The molecule has 7 heteroatoms. The van der Waals surface area contributed by atoms with Gasteiger partial charge in [-0.25, -0.2) is 4.39 Å². The molecule has 22 heavy (non-hydrogen) atoms. The maximum Gasteiger partial charge on any atom is 0.251 e. The number of nitrogens with one attached hydrogen (secondary N) is 2. The van der Waals surface area contributed by atoms with Crippen molar-refractivity contribution >= 4 is 35.8 Å². The molecule has 0 bridgehead atoms. The Hall–Kier alpha value is -1.38. The van der Waals surface area contributed by atoms with Crippen LogP contribution in [0, 0.1) is 12.7 Å². The lowest BCUT2D eigenvalue weighted by molar-refractivity contribution is 0.0954. The minimum Gasteiger partial charge on any atom is -0.370 e. The lowest BCUT2D eigenvalue weighted by Gasteiger charge is -2.20. The van der Waals surface area contributed by atoms with E-state index in [2.05, 4.69) is 15.6 Å². The highest BCUT2D eigenvalue weighted by Crippen LogP contribution is 2.08. The minimum absolute atomic E-state index is 0. The highest BCUT2D eigenvalue weighted by molar-refractivity contribution is 14.0. The van der Waals surface area contributed by atoms with E-state index in [0.29, 0.717) is 30.2 Å². The molecule has 0 saturated heterocycles. The largest absolute Gasteiger partial charge is 0.370 e. The predicted molar refractivity (Wildman–Crippen MR) is 98.3 cm³/mol. The molecule has 0 aliphatic heterocycles. The van der Waals surface area contributed by atoms with Gasteiger partial charge in [-0.05, 0) is 45.4 Å². The van der Waals surface area contributed by atoms with Crippen molar-refractivity contribution in [2.24, 2.45) is 10.7 Å². The maximum atomic E-state index is 13.4. The Balaban J connectivity index is 0.00000441. The van der Waals surface area contributed by atoms with Gasteiger partial charge in [-0.1, -0.05) is 6.07 Å². The summed E-state index contributed by atoms with van der Waals surface area (Å²) >= 11 is 0. The van der Waals surface area contributed by atoms with E-state index < -0.39 is 0 Å².